The van der Waals surface area contributed by atoms with Gasteiger partial charge in [-0.15, -0.1) is 0 Å². The predicted octanol–water partition coefficient (Wildman–Crippen LogP) is 1.45. The van der Waals surface area contributed by atoms with Gasteiger partial charge in [-0.25, -0.2) is 12.7 Å². The van der Waals surface area contributed by atoms with Crippen molar-refractivity contribution in [2.75, 3.05) is 18.8 Å². The molecule has 0 unspecified atom stereocenters. The first kappa shape index (κ1) is 17.4. The summed E-state index contributed by atoms with van der Waals surface area (Å²) in [6, 6.07) is 0.378. The highest BCUT2D eigenvalue weighted by molar-refractivity contribution is 7.89. The fraction of sp³-hybridized carbons (Fsp3) is 0.800. The van der Waals surface area contributed by atoms with Crippen LogP contribution in [0.4, 0.5) is 0 Å². The van der Waals surface area contributed by atoms with Crippen LogP contribution in [0.5, 0.6) is 0 Å². The molecular formula is C15H28N4O2S. The van der Waals surface area contributed by atoms with Gasteiger partial charge in [0.25, 0.3) is 0 Å². The van der Waals surface area contributed by atoms with E-state index in [1.54, 1.807) is 11.2 Å². The monoisotopic (exact) mass is 328 g/mol. The lowest BCUT2D eigenvalue weighted by Crippen LogP contribution is -2.45. The number of nitrogens with one attached hydrogen (secondary N) is 1. The van der Waals surface area contributed by atoms with Gasteiger partial charge < -0.3 is 5.32 Å². The van der Waals surface area contributed by atoms with Crippen LogP contribution in [0.25, 0.3) is 0 Å². The van der Waals surface area contributed by atoms with Crippen molar-refractivity contribution in [1.29, 1.82) is 0 Å². The van der Waals surface area contributed by atoms with E-state index in [0.717, 1.165) is 25.1 Å². The van der Waals surface area contributed by atoms with Crippen LogP contribution in [0.15, 0.2) is 6.20 Å². The Morgan fingerprint density at radius 3 is 2.55 bits per heavy atom. The molecule has 1 aliphatic heterocycles. The fourth-order valence-corrected chi connectivity index (χ4v) is 4.08. The maximum atomic E-state index is 11.9. The van der Waals surface area contributed by atoms with Crippen molar-refractivity contribution < 1.29 is 8.42 Å². The van der Waals surface area contributed by atoms with Crippen LogP contribution in [0.2, 0.25) is 0 Å². The second-order valence-corrected chi connectivity index (χ2v) is 8.58. The molecule has 1 aromatic rings. The quantitative estimate of drug-likeness (QED) is 0.858. The molecule has 0 radical (unpaired) electrons. The molecule has 0 bridgehead atoms. The zero-order valence-corrected chi connectivity index (χ0v) is 14.9. The summed E-state index contributed by atoms with van der Waals surface area (Å²) in [5.41, 5.74) is 2.38. The van der Waals surface area contributed by atoms with Gasteiger partial charge >= 0.3 is 0 Å². The van der Waals surface area contributed by atoms with Gasteiger partial charge in [0, 0.05) is 44.5 Å². The Morgan fingerprint density at radius 2 is 2.00 bits per heavy atom. The molecule has 6 nitrogen and oxygen atoms in total. The molecule has 1 N–H and O–H groups in total. The summed E-state index contributed by atoms with van der Waals surface area (Å²) in [4.78, 5) is 0. The van der Waals surface area contributed by atoms with Gasteiger partial charge in [0.2, 0.25) is 10.0 Å². The van der Waals surface area contributed by atoms with E-state index in [1.807, 2.05) is 11.7 Å². The van der Waals surface area contributed by atoms with E-state index in [0.29, 0.717) is 25.0 Å². The smallest absolute Gasteiger partial charge is 0.213 e. The van der Waals surface area contributed by atoms with Gasteiger partial charge in [0.05, 0.1) is 11.4 Å². The van der Waals surface area contributed by atoms with Crippen molar-refractivity contribution in [2.45, 2.75) is 52.1 Å². The van der Waals surface area contributed by atoms with Crippen molar-refractivity contribution >= 4 is 10.0 Å². The molecule has 0 aromatic carbocycles. The summed E-state index contributed by atoms with van der Waals surface area (Å²) >= 11 is 0. The zero-order chi connectivity index (χ0) is 16.3. The average Bonchev–Trinajstić information content (AvgIpc) is 2.87. The third kappa shape index (κ3) is 4.08. The summed E-state index contributed by atoms with van der Waals surface area (Å²) in [6.07, 6.45) is 3.81. The van der Waals surface area contributed by atoms with Gasteiger partial charge in [-0.1, -0.05) is 13.8 Å². The lowest BCUT2D eigenvalue weighted by atomic mass is 10.0. The van der Waals surface area contributed by atoms with E-state index < -0.39 is 10.0 Å². The maximum Gasteiger partial charge on any atom is 0.213 e. The van der Waals surface area contributed by atoms with Gasteiger partial charge in [0.1, 0.15) is 0 Å². The first-order valence-corrected chi connectivity index (χ1v) is 9.68. The molecule has 0 atom stereocenters. The van der Waals surface area contributed by atoms with E-state index in [-0.39, 0.29) is 5.75 Å². The summed E-state index contributed by atoms with van der Waals surface area (Å²) in [7, 11) is -1.09. The van der Waals surface area contributed by atoms with Crippen LogP contribution in [-0.2, 0) is 23.6 Å². The zero-order valence-electron chi connectivity index (χ0n) is 14.0. The second-order valence-electron chi connectivity index (χ2n) is 6.32. The lowest BCUT2D eigenvalue weighted by Gasteiger charge is -2.31. The van der Waals surface area contributed by atoms with Crippen LogP contribution < -0.4 is 5.32 Å². The Hall–Kier alpha value is -0.920. The minimum atomic E-state index is -3.03. The van der Waals surface area contributed by atoms with Crippen LogP contribution in [0, 0.1) is 0 Å². The number of aromatic nitrogens is 2. The van der Waals surface area contributed by atoms with Crippen LogP contribution >= 0.6 is 0 Å². The Morgan fingerprint density at radius 1 is 1.36 bits per heavy atom. The molecule has 2 rings (SSSR count). The molecule has 1 saturated heterocycles. The average molecular weight is 328 g/mol. The molecular weight excluding hydrogens is 300 g/mol. The van der Waals surface area contributed by atoms with Gasteiger partial charge in [0.15, 0.2) is 0 Å². The number of piperidine rings is 1. The van der Waals surface area contributed by atoms with Crippen LogP contribution in [0.3, 0.4) is 0 Å². The van der Waals surface area contributed by atoms with Crippen LogP contribution in [-0.4, -0.2) is 47.4 Å². The standard InChI is InChI=1S/C15H28N4O2S/c1-5-22(20,21)19-8-6-14(7-9-19)16-10-13-11-18(4)17-15(13)12(2)3/h11-12,14,16H,5-10H2,1-4H3. The number of sulfonamides is 1. The molecule has 2 heterocycles. The van der Waals surface area contributed by atoms with Gasteiger partial charge in [-0.3, -0.25) is 4.68 Å². The van der Waals surface area contributed by atoms with E-state index in [1.165, 1.54) is 5.56 Å². The van der Waals surface area contributed by atoms with E-state index in [2.05, 4.69) is 30.5 Å². The Labute approximate surface area is 133 Å². The van der Waals surface area contributed by atoms with Crippen molar-refractivity contribution in [3.05, 3.63) is 17.5 Å². The van der Waals surface area contributed by atoms with E-state index in [9.17, 15) is 8.42 Å². The summed E-state index contributed by atoms with van der Waals surface area (Å²) in [6.45, 7) is 8.05. The first-order chi connectivity index (χ1) is 10.3. The largest absolute Gasteiger partial charge is 0.310 e. The summed E-state index contributed by atoms with van der Waals surface area (Å²) in [5.74, 6) is 0.605. The molecule has 1 aromatic heterocycles. The molecule has 0 amide bonds. The number of hydrogen-bond acceptors (Lipinski definition) is 4. The third-order valence-corrected chi connectivity index (χ3v) is 6.16. The highest BCUT2D eigenvalue weighted by atomic mass is 32.2. The van der Waals surface area contributed by atoms with E-state index in [4.69, 9.17) is 0 Å². The Bertz CT molecular complexity index is 587. The SMILES string of the molecule is CCS(=O)(=O)N1CCC(NCc2cn(C)nc2C(C)C)CC1. The lowest BCUT2D eigenvalue weighted by molar-refractivity contribution is 0.288. The summed E-state index contributed by atoms with van der Waals surface area (Å²) in [5, 5.41) is 8.08. The molecule has 0 spiro atoms. The molecule has 1 aliphatic rings. The molecule has 1 fully saturated rings. The summed E-state index contributed by atoms with van der Waals surface area (Å²) < 4.78 is 27.2. The van der Waals surface area contributed by atoms with Crippen molar-refractivity contribution in [1.82, 2.24) is 19.4 Å². The molecule has 0 saturated carbocycles. The minimum Gasteiger partial charge on any atom is -0.310 e. The van der Waals surface area contributed by atoms with Gasteiger partial charge in [-0.2, -0.15) is 5.10 Å². The van der Waals surface area contributed by atoms with Crippen LogP contribution in [0.1, 0.15) is 50.8 Å². The molecule has 7 heteroatoms. The van der Waals surface area contributed by atoms with E-state index >= 15 is 0 Å². The van der Waals surface area contributed by atoms with Crippen molar-refractivity contribution in [2.24, 2.45) is 7.05 Å². The third-order valence-electron chi connectivity index (χ3n) is 4.28. The maximum absolute atomic E-state index is 11.9. The first-order valence-electron chi connectivity index (χ1n) is 8.07. The number of hydrogen-bond donors (Lipinski definition) is 1. The molecule has 22 heavy (non-hydrogen) atoms. The normalized spacial score (nSPS) is 18.2. The van der Waals surface area contributed by atoms with Crippen molar-refractivity contribution in [3.8, 4) is 0 Å². The highest BCUT2D eigenvalue weighted by Gasteiger charge is 2.26. The molecule has 126 valence electrons. The number of rotatable bonds is 6. The second kappa shape index (κ2) is 7.10. The number of aryl methyl sites for hydroxylation is 1. The topological polar surface area (TPSA) is 67.2 Å². The Balaban J connectivity index is 1.87. The minimum absolute atomic E-state index is 0.193. The number of nitrogens with zero attached hydrogens (tertiary/aromatic N) is 3. The fourth-order valence-electron chi connectivity index (χ4n) is 2.95. The molecule has 0 aliphatic carbocycles. The predicted molar refractivity (Wildman–Crippen MR) is 88.2 cm³/mol. The highest BCUT2D eigenvalue weighted by Crippen LogP contribution is 2.19. The Kier molecular flexibility index (Phi) is 5.63. The van der Waals surface area contributed by atoms with Gasteiger partial charge in [-0.05, 0) is 25.7 Å². The van der Waals surface area contributed by atoms with Crippen molar-refractivity contribution in [3.63, 3.8) is 0 Å².